The zero-order chi connectivity index (χ0) is 30.2. The van der Waals surface area contributed by atoms with E-state index in [-0.39, 0.29) is 29.6 Å². The topological polar surface area (TPSA) is 128 Å². The Bertz CT molecular complexity index is 872. The molecule has 1 fully saturated rings. The van der Waals surface area contributed by atoms with E-state index in [1.165, 1.54) is 9.80 Å². The van der Waals surface area contributed by atoms with Gasteiger partial charge < -0.3 is 25.8 Å². The number of carbonyl (C=O) groups excluding carboxylic acids is 5. The number of hydrogen-bond donors (Lipinski definition) is 3. The molecular weight excluding hydrogens is 498 g/mol. The summed E-state index contributed by atoms with van der Waals surface area (Å²) in [5.74, 6) is -1.76. The maximum Gasteiger partial charge on any atom is 0.245 e. The number of amides is 5. The van der Waals surface area contributed by atoms with Crippen molar-refractivity contribution in [3.05, 3.63) is 0 Å². The number of nitrogens with one attached hydrogen (secondary N) is 3. The Balaban J connectivity index is 3.67. The van der Waals surface area contributed by atoms with E-state index >= 15 is 0 Å². The van der Waals surface area contributed by atoms with E-state index in [1.807, 2.05) is 55.4 Å². The number of likely N-dealkylation sites (N-methyl/N-ethyl adjacent to an activating group) is 2. The van der Waals surface area contributed by atoms with E-state index in [0.717, 1.165) is 0 Å². The quantitative estimate of drug-likeness (QED) is 0.427. The van der Waals surface area contributed by atoms with E-state index in [9.17, 15) is 24.0 Å². The molecule has 0 aromatic carbocycles. The third kappa shape index (κ3) is 10.4. The largest absolute Gasteiger partial charge is 0.343 e. The molecule has 224 valence electrons. The summed E-state index contributed by atoms with van der Waals surface area (Å²) in [5, 5.41) is 8.52. The monoisotopic (exact) mass is 551 g/mol. The molecule has 1 aliphatic heterocycles. The van der Waals surface area contributed by atoms with Crippen LogP contribution in [0, 0.1) is 23.7 Å². The van der Waals surface area contributed by atoms with Crippen LogP contribution >= 0.6 is 0 Å². The van der Waals surface area contributed by atoms with Gasteiger partial charge in [0.1, 0.15) is 30.2 Å². The summed E-state index contributed by atoms with van der Waals surface area (Å²) < 4.78 is 0. The van der Waals surface area contributed by atoms with Crippen molar-refractivity contribution >= 4 is 29.5 Å². The first-order chi connectivity index (χ1) is 18.0. The maximum atomic E-state index is 13.8. The molecule has 0 aromatic heterocycles. The van der Waals surface area contributed by atoms with Gasteiger partial charge in [0.05, 0.1) is 0 Å². The molecule has 10 heteroatoms. The second-order valence-corrected chi connectivity index (χ2v) is 12.8. The van der Waals surface area contributed by atoms with Gasteiger partial charge in [-0.25, -0.2) is 0 Å². The van der Waals surface area contributed by atoms with Crippen LogP contribution in [0.4, 0.5) is 0 Å². The fourth-order valence-electron chi connectivity index (χ4n) is 4.94. The molecule has 5 amide bonds. The lowest BCUT2D eigenvalue weighted by molar-refractivity contribution is -0.145. The fourth-order valence-corrected chi connectivity index (χ4v) is 4.94. The minimum Gasteiger partial charge on any atom is -0.343 e. The highest BCUT2D eigenvalue weighted by molar-refractivity contribution is 5.97. The molecule has 0 spiro atoms. The predicted molar refractivity (Wildman–Crippen MR) is 152 cm³/mol. The van der Waals surface area contributed by atoms with Gasteiger partial charge in [-0.1, -0.05) is 55.4 Å². The van der Waals surface area contributed by atoms with E-state index < -0.39 is 53.8 Å². The molecule has 0 unspecified atom stereocenters. The number of nitrogens with zero attached hydrogens (tertiary/aromatic N) is 2. The van der Waals surface area contributed by atoms with Gasteiger partial charge in [-0.05, 0) is 56.3 Å². The smallest absolute Gasteiger partial charge is 0.245 e. The van der Waals surface area contributed by atoms with Crippen LogP contribution in [-0.4, -0.2) is 83.6 Å². The third-order valence-corrected chi connectivity index (χ3v) is 7.02. The molecule has 39 heavy (non-hydrogen) atoms. The molecule has 10 nitrogen and oxygen atoms in total. The van der Waals surface area contributed by atoms with E-state index in [0.29, 0.717) is 25.7 Å². The van der Waals surface area contributed by atoms with Crippen molar-refractivity contribution in [2.75, 3.05) is 14.1 Å². The van der Waals surface area contributed by atoms with Gasteiger partial charge in [-0.15, -0.1) is 0 Å². The van der Waals surface area contributed by atoms with Gasteiger partial charge in [-0.2, -0.15) is 0 Å². The summed E-state index contributed by atoms with van der Waals surface area (Å²) in [5.41, 5.74) is 0. The summed E-state index contributed by atoms with van der Waals surface area (Å²) in [6.45, 7) is 17.2. The van der Waals surface area contributed by atoms with Crippen molar-refractivity contribution in [3.8, 4) is 0 Å². The summed E-state index contributed by atoms with van der Waals surface area (Å²) >= 11 is 0. The highest BCUT2D eigenvalue weighted by atomic mass is 16.2. The van der Waals surface area contributed by atoms with E-state index in [1.54, 1.807) is 21.0 Å². The van der Waals surface area contributed by atoms with Crippen LogP contribution in [0.1, 0.15) is 88.0 Å². The third-order valence-electron chi connectivity index (χ3n) is 7.02. The lowest BCUT2D eigenvalue weighted by Gasteiger charge is -2.34. The zero-order valence-electron chi connectivity index (χ0n) is 26.0. The Morgan fingerprint density at radius 3 is 1.31 bits per heavy atom. The Morgan fingerprint density at radius 2 is 0.897 bits per heavy atom. The zero-order valence-corrected chi connectivity index (χ0v) is 26.0. The minimum absolute atomic E-state index is 0.0901. The van der Waals surface area contributed by atoms with Gasteiger partial charge in [0.25, 0.3) is 0 Å². The average molecular weight is 552 g/mol. The number of hydrogen-bond acceptors (Lipinski definition) is 5. The van der Waals surface area contributed by atoms with Crippen LogP contribution < -0.4 is 16.0 Å². The SMILES string of the molecule is CC(C)C[C@@H]1NC(=O)[C@H](CC(C)C)N(C)C(=O)[C@H](CC(C)C)NC(=O)[C@H](CC(C)C)N(C)C(=O)[C@@H](C)NC1=O. The van der Waals surface area contributed by atoms with Crippen LogP contribution in [0.2, 0.25) is 0 Å². The fraction of sp³-hybridized carbons (Fsp3) is 0.828. The molecule has 0 saturated carbocycles. The highest BCUT2D eigenvalue weighted by Crippen LogP contribution is 2.18. The van der Waals surface area contributed by atoms with Crippen LogP contribution in [0.3, 0.4) is 0 Å². The average Bonchev–Trinajstić information content (AvgIpc) is 2.81. The molecular formula is C29H53N5O5. The van der Waals surface area contributed by atoms with Crippen LogP contribution in [0.5, 0.6) is 0 Å². The van der Waals surface area contributed by atoms with Gasteiger partial charge in [0.2, 0.25) is 29.5 Å². The van der Waals surface area contributed by atoms with Gasteiger partial charge in [0.15, 0.2) is 0 Å². The number of rotatable bonds is 8. The molecule has 0 bridgehead atoms. The summed E-state index contributed by atoms with van der Waals surface area (Å²) in [6.07, 6.45) is 1.52. The molecule has 1 rings (SSSR count). The first-order valence-electron chi connectivity index (χ1n) is 14.4. The van der Waals surface area contributed by atoms with Crippen molar-refractivity contribution in [1.82, 2.24) is 25.8 Å². The second-order valence-electron chi connectivity index (χ2n) is 12.8. The summed E-state index contributed by atoms with van der Waals surface area (Å²) in [6, 6.07) is -4.31. The molecule has 1 aliphatic rings. The first kappa shape index (κ1) is 34.4. The van der Waals surface area contributed by atoms with Crippen LogP contribution in [0.25, 0.3) is 0 Å². The summed E-state index contributed by atoms with van der Waals surface area (Å²) in [4.78, 5) is 70.5. The molecule has 5 atom stereocenters. The first-order valence-corrected chi connectivity index (χ1v) is 14.4. The lowest BCUT2D eigenvalue weighted by Crippen LogP contribution is -2.58. The molecule has 0 radical (unpaired) electrons. The maximum absolute atomic E-state index is 13.8. The van der Waals surface area contributed by atoms with Crippen LogP contribution in [-0.2, 0) is 24.0 Å². The van der Waals surface area contributed by atoms with Crippen molar-refractivity contribution in [2.24, 2.45) is 23.7 Å². The van der Waals surface area contributed by atoms with Crippen LogP contribution in [0.15, 0.2) is 0 Å². The molecule has 1 heterocycles. The Labute approximate surface area is 235 Å². The van der Waals surface area contributed by atoms with E-state index in [4.69, 9.17) is 0 Å². The van der Waals surface area contributed by atoms with Crippen molar-refractivity contribution in [1.29, 1.82) is 0 Å². The molecule has 3 N–H and O–H groups in total. The van der Waals surface area contributed by atoms with Crippen molar-refractivity contribution in [3.63, 3.8) is 0 Å². The second kappa shape index (κ2) is 15.2. The van der Waals surface area contributed by atoms with Gasteiger partial charge in [0, 0.05) is 14.1 Å². The van der Waals surface area contributed by atoms with Crippen molar-refractivity contribution < 1.29 is 24.0 Å². The van der Waals surface area contributed by atoms with Crippen molar-refractivity contribution in [2.45, 2.75) is 118 Å². The normalized spacial score (nSPS) is 26.6. The minimum atomic E-state index is -0.913. The Morgan fingerprint density at radius 1 is 0.538 bits per heavy atom. The standard InChI is InChI=1S/C29H53N5O5/c1-16(2)12-21-25(35)30-20(9)28(38)33(10)23(14-18(5)6)27(37)32-22(13-17(3)4)29(39)34(11)24(15-19(7)8)26(36)31-21/h16-24H,12-15H2,1-11H3,(H,30,35)(H,31,36)(H,32,37)/t20-,21+,22+,23+,24+/m1/s1. The molecule has 0 aliphatic carbocycles. The number of carbonyl (C=O) groups is 5. The summed E-state index contributed by atoms with van der Waals surface area (Å²) in [7, 11) is 3.13. The van der Waals surface area contributed by atoms with E-state index in [2.05, 4.69) is 16.0 Å². The Kier molecular flexibility index (Phi) is 13.4. The van der Waals surface area contributed by atoms with Gasteiger partial charge >= 0.3 is 0 Å². The Hall–Kier alpha value is -2.65. The predicted octanol–water partition coefficient (Wildman–Crippen LogP) is 2.31. The molecule has 1 saturated heterocycles. The molecule has 0 aromatic rings. The lowest BCUT2D eigenvalue weighted by atomic mass is 9.97. The van der Waals surface area contributed by atoms with Gasteiger partial charge in [-0.3, -0.25) is 24.0 Å². The highest BCUT2D eigenvalue weighted by Gasteiger charge is 2.38.